The van der Waals surface area contributed by atoms with Crippen LogP contribution in [-0.4, -0.2) is 38.1 Å². The molecule has 0 spiro atoms. The molecule has 0 bridgehead atoms. The summed E-state index contributed by atoms with van der Waals surface area (Å²) in [6, 6.07) is 3.72. The third-order valence-corrected chi connectivity index (χ3v) is 3.21. The Hall–Kier alpha value is -1.75. The Labute approximate surface area is 120 Å². The Bertz CT molecular complexity index is 457. The Morgan fingerprint density at radius 2 is 1.70 bits per heavy atom. The molecule has 0 aliphatic heterocycles. The van der Waals surface area contributed by atoms with Crippen molar-refractivity contribution < 1.29 is 14.3 Å². The second kappa shape index (κ2) is 7.75. The lowest BCUT2D eigenvalue weighted by atomic mass is 10.1. The van der Waals surface area contributed by atoms with E-state index >= 15 is 0 Å². The molecular formula is C15H24N2O3. The summed E-state index contributed by atoms with van der Waals surface area (Å²) in [5.41, 5.74) is 1.78. The van der Waals surface area contributed by atoms with E-state index < -0.39 is 0 Å². The number of methoxy groups -OCH3 is 2. The summed E-state index contributed by atoms with van der Waals surface area (Å²) in [6.45, 7) is 8.38. The highest BCUT2D eigenvalue weighted by molar-refractivity contribution is 5.90. The van der Waals surface area contributed by atoms with E-state index in [1.807, 2.05) is 6.07 Å². The highest BCUT2D eigenvalue weighted by atomic mass is 16.5. The summed E-state index contributed by atoms with van der Waals surface area (Å²) < 4.78 is 10.6. The van der Waals surface area contributed by atoms with Gasteiger partial charge in [-0.1, -0.05) is 13.8 Å². The number of rotatable bonds is 7. The maximum atomic E-state index is 11.3. The van der Waals surface area contributed by atoms with Crippen molar-refractivity contribution in [2.75, 3.05) is 32.6 Å². The summed E-state index contributed by atoms with van der Waals surface area (Å²) in [4.78, 5) is 13.6. The van der Waals surface area contributed by atoms with Crippen molar-refractivity contribution in [1.82, 2.24) is 4.90 Å². The van der Waals surface area contributed by atoms with Crippen LogP contribution in [0.5, 0.6) is 11.5 Å². The van der Waals surface area contributed by atoms with E-state index in [4.69, 9.17) is 9.47 Å². The van der Waals surface area contributed by atoms with Crippen molar-refractivity contribution in [2.24, 2.45) is 0 Å². The van der Waals surface area contributed by atoms with Crippen LogP contribution in [0, 0.1) is 0 Å². The minimum absolute atomic E-state index is 0.0991. The Morgan fingerprint density at radius 1 is 1.15 bits per heavy atom. The topological polar surface area (TPSA) is 50.8 Å². The van der Waals surface area contributed by atoms with Crippen LogP contribution in [0.25, 0.3) is 0 Å². The molecule has 5 nitrogen and oxygen atoms in total. The fraction of sp³-hybridized carbons (Fsp3) is 0.533. The highest BCUT2D eigenvalue weighted by Gasteiger charge is 2.14. The van der Waals surface area contributed by atoms with Gasteiger partial charge in [0.05, 0.1) is 14.2 Å². The van der Waals surface area contributed by atoms with Gasteiger partial charge in [-0.3, -0.25) is 9.69 Å². The molecule has 0 aliphatic rings. The first-order chi connectivity index (χ1) is 9.55. The van der Waals surface area contributed by atoms with E-state index in [1.54, 1.807) is 20.3 Å². The molecule has 112 valence electrons. The minimum Gasteiger partial charge on any atom is -0.493 e. The van der Waals surface area contributed by atoms with Crippen LogP contribution >= 0.6 is 0 Å². The first kappa shape index (κ1) is 16.3. The van der Waals surface area contributed by atoms with E-state index in [1.165, 1.54) is 6.92 Å². The molecule has 0 saturated carbocycles. The van der Waals surface area contributed by atoms with E-state index in [0.29, 0.717) is 11.5 Å². The van der Waals surface area contributed by atoms with E-state index in [0.717, 1.165) is 30.9 Å². The van der Waals surface area contributed by atoms with Gasteiger partial charge in [0.1, 0.15) is 0 Å². The fourth-order valence-electron chi connectivity index (χ4n) is 2.05. The van der Waals surface area contributed by atoms with Crippen molar-refractivity contribution in [2.45, 2.75) is 27.3 Å². The van der Waals surface area contributed by atoms with Gasteiger partial charge in [-0.2, -0.15) is 0 Å². The van der Waals surface area contributed by atoms with Crippen molar-refractivity contribution in [3.8, 4) is 11.5 Å². The Kier molecular flexibility index (Phi) is 6.31. The van der Waals surface area contributed by atoms with Crippen molar-refractivity contribution in [3.05, 3.63) is 17.7 Å². The summed E-state index contributed by atoms with van der Waals surface area (Å²) >= 11 is 0. The summed E-state index contributed by atoms with van der Waals surface area (Å²) in [6.07, 6.45) is 0. The van der Waals surface area contributed by atoms with Crippen molar-refractivity contribution in [3.63, 3.8) is 0 Å². The second-order valence-corrected chi connectivity index (χ2v) is 4.51. The van der Waals surface area contributed by atoms with Gasteiger partial charge in [-0.15, -0.1) is 0 Å². The average molecular weight is 280 g/mol. The monoisotopic (exact) mass is 280 g/mol. The van der Waals surface area contributed by atoms with E-state index in [-0.39, 0.29) is 5.91 Å². The van der Waals surface area contributed by atoms with Gasteiger partial charge in [0, 0.05) is 25.2 Å². The number of benzene rings is 1. The third kappa shape index (κ3) is 4.13. The largest absolute Gasteiger partial charge is 0.493 e. The summed E-state index contributed by atoms with van der Waals surface area (Å²) in [5, 5.41) is 2.85. The van der Waals surface area contributed by atoms with Crippen LogP contribution in [0.4, 0.5) is 5.69 Å². The molecule has 0 atom stereocenters. The van der Waals surface area contributed by atoms with Gasteiger partial charge in [-0.25, -0.2) is 0 Å². The fourth-order valence-corrected chi connectivity index (χ4v) is 2.05. The molecule has 5 heteroatoms. The standard InChI is InChI=1S/C15H24N2O3/c1-6-17(7-2)10-12-8-14(19-4)15(20-5)9-13(12)16-11(3)18/h8-9H,6-7,10H2,1-5H3,(H,16,18). The Morgan fingerprint density at radius 3 is 2.15 bits per heavy atom. The van der Waals surface area contributed by atoms with Crippen LogP contribution in [0.2, 0.25) is 0 Å². The molecule has 0 saturated heterocycles. The SMILES string of the molecule is CCN(CC)Cc1cc(OC)c(OC)cc1NC(C)=O. The molecule has 20 heavy (non-hydrogen) atoms. The molecule has 0 heterocycles. The molecule has 0 aliphatic carbocycles. The summed E-state index contributed by atoms with van der Waals surface area (Å²) in [7, 11) is 3.19. The minimum atomic E-state index is -0.0991. The molecule has 0 fully saturated rings. The van der Waals surface area contributed by atoms with Gasteiger partial charge in [0.25, 0.3) is 0 Å². The van der Waals surface area contributed by atoms with Crippen LogP contribution < -0.4 is 14.8 Å². The third-order valence-electron chi connectivity index (χ3n) is 3.21. The predicted molar refractivity (Wildman–Crippen MR) is 80.5 cm³/mol. The first-order valence-electron chi connectivity index (χ1n) is 6.80. The number of hydrogen-bond acceptors (Lipinski definition) is 4. The zero-order valence-electron chi connectivity index (χ0n) is 12.9. The number of amides is 1. The van der Waals surface area contributed by atoms with Gasteiger partial charge in [-0.05, 0) is 24.7 Å². The van der Waals surface area contributed by atoms with Gasteiger partial charge in [0.2, 0.25) is 5.91 Å². The van der Waals surface area contributed by atoms with Gasteiger partial charge < -0.3 is 14.8 Å². The van der Waals surface area contributed by atoms with Gasteiger partial charge in [0.15, 0.2) is 11.5 Å². The molecule has 0 radical (unpaired) electrons. The number of ether oxygens (including phenoxy) is 2. The van der Waals surface area contributed by atoms with Crippen molar-refractivity contribution >= 4 is 11.6 Å². The number of carbonyl (C=O) groups is 1. The lowest BCUT2D eigenvalue weighted by molar-refractivity contribution is -0.114. The smallest absolute Gasteiger partial charge is 0.221 e. The highest BCUT2D eigenvalue weighted by Crippen LogP contribution is 2.34. The first-order valence-corrected chi connectivity index (χ1v) is 6.80. The quantitative estimate of drug-likeness (QED) is 0.833. The van der Waals surface area contributed by atoms with Crippen LogP contribution in [-0.2, 0) is 11.3 Å². The maximum absolute atomic E-state index is 11.3. The van der Waals surface area contributed by atoms with E-state index in [9.17, 15) is 4.79 Å². The number of nitrogens with one attached hydrogen (secondary N) is 1. The van der Waals surface area contributed by atoms with Crippen molar-refractivity contribution in [1.29, 1.82) is 0 Å². The lowest BCUT2D eigenvalue weighted by Crippen LogP contribution is -2.23. The molecule has 0 aromatic heterocycles. The normalized spacial score (nSPS) is 10.5. The molecular weight excluding hydrogens is 256 g/mol. The zero-order valence-corrected chi connectivity index (χ0v) is 12.9. The molecule has 1 N–H and O–H groups in total. The molecule has 1 aromatic carbocycles. The predicted octanol–water partition coefficient (Wildman–Crippen LogP) is 2.50. The van der Waals surface area contributed by atoms with Gasteiger partial charge >= 0.3 is 0 Å². The summed E-state index contributed by atoms with van der Waals surface area (Å²) in [5.74, 6) is 1.18. The van der Waals surface area contributed by atoms with Crippen LogP contribution in [0.3, 0.4) is 0 Å². The second-order valence-electron chi connectivity index (χ2n) is 4.51. The maximum Gasteiger partial charge on any atom is 0.221 e. The van der Waals surface area contributed by atoms with E-state index in [2.05, 4.69) is 24.1 Å². The molecule has 1 aromatic rings. The van der Waals surface area contributed by atoms with Crippen LogP contribution in [0.1, 0.15) is 26.3 Å². The average Bonchev–Trinajstić information content (AvgIpc) is 2.44. The number of hydrogen-bond donors (Lipinski definition) is 1. The van der Waals surface area contributed by atoms with Crippen LogP contribution in [0.15, 0.2) is 12.1 Å². The number of anilines is 1. The number of nitrogens with zero attached hydrogens (tertiary/aromatic N) is 1. The Balaban J connectivity index is 3.19. The molecule has 0 unspecified atom stereocenters. The molecule has 1 amide bonds. The lowest BCUT2D eigenvalue weighted by Gasteiger charge is -2.21. The number of carbonyl (C=O) groups excluding carboxylic acids is 1. The zero-order chi connectivity index (χ0) is 15.1. The molecule has 1 rings (SSSR count).